The molecule has 1 unspecified atom stereocenters. The van der Waals surface area contributed by atoms with Gasteiger partial charge in [-0.1, -0.05) is 6.08 Å². The van der Waals surface area contributed by atoms with Crippen molar-refractivity contribution in [1.29, 1.82) is 0 Å². The topological polar surface area (TPSA) is 67.2 Å². The van der Waals surface area contributed by atoms with E-state index in [1.165, 1.54) is 0 Å². The van der Waals surface area contributed by atoms with Crippen LogP contribution in [0, 0.1) is 6.92 Å². The van der Waals surface area contributed by atoms with Crippen molar-refractivity contribution in [3.05, 3.63) is 30.1 Å². The first-order valence-electron chi connectivity index (χ1n) is 4.63. The summed E-state index contributed by atoms with van der Waals surface area (Å²) in [7, 11) is 1.78. The lowest BCUT2D eigenvalue weighted by atomic mass is 10.1. The number of nitrogens with zero attached hydrogens (tertiary/aromatic N) is 2. The Morgan fingerprint density at radius 3 is 2.93 bits per heavy atom. The second-order valence-electron chi connectivity index (χ2n) is 3.28. The van der Waals surface area contributed by atoms with E-state index in [0.29, 0.717) is 12.1 Å². The summed E-state index contributed by atoms with van der Waals surface area (Å²) in [6, 6.07) is -0.725. The molecule has 0 fully saturated rings. The highest BCUT2D eigenvalue weighted by Gasteiger charge is 2.22. The number of aryl methyl sites for hydroxylation is 1. The van der Waals surface area contributed by atoms with E-state index in [0.717, 1.165) is 5.69 Å². The van der Waals surface area contributed by atoms with Crippen LogP contribution < -0.4 is 5.32 Å². The van der Waals surface area contributed by atoms with Crippen LogP contribution >= 0.6 is 0 Å². The van der Waals surface area contributed by atoms with Gasteiger partial charge in [-0.05, 0) is 6.92 Å². The van der Waals surface area contributed by atoms with Crippen LogP contribution in [0.2, 0.25) is 0 Å². The molecule has 0 aliphatic carbocycles. The second-order valence-corrected chi connectivity index (χ2v) is 3.28. The van der Waals surface area contributed by atoms with Crippen molar-refractivity contribution in [3.8, 4) is 0 Å². The number of rotatable bonds is 5. The molecule has 0 saturated carbocycles. The minimum absolute atomic E-state index is 0.450. The summed E-state index contributed by atoms with van der Waals surface area (Å²) < 4.78 is 1.65. The van der Waals surface area contributed by atoms with E-state index in [4.69, 9.17) is 5.11 Å². The molecule has 0 aliphatic rings. The van der Waals surface area contributed by atoms with Crippen molar-refractivity contribution in [2.24, 2.45) is 7.05 Å². The number of carboxylic acids is 1. The lowest BCUT2D eigenvalue weighted by Gasteiger charge is -2.12. The summed E-state index contributed by atoms with van der Waals surface area (Å²) in [4.78, 5) is 11.0. The van der Waals surface area contributed by atoms with E-state index in [2.05, 4.69) is 17.0 Å². The largest absolute Gasteiger partial charge is 0.480 e. The molecular weight excluding hydrogens is 194 g/mol. The minimum Gasteiger partial charge on any atom is -0.480 e. The highest BCUT2D eigenvalue weighted by atomic mass is 16.4. The first-order chi connectivity index (χ1) is 7.07. The van der Waals surface area contributed by atoms with Crippen LogP contribution in [0.4, 0.5) is 0 Å². The molecule has 1 atom stereocenters. The first-order valence-corrected chi connectivity index (χ1v) is 4.63. The molecule has 82 valence electrons. The van der Waals surface area contributed by atoms with Gasteiger partial charge in [0.15, 0.2) is 0 Å². The number of hydrogen-bond acceptors (Lipinski definition) is 3. The molecule has 0 aromatic carbocycles. The lowest BCUT2D eigenvalue weighted by Crippen LogP contribution is -2.28. The predicted molar refractivity (Wildman–Crippen MR) is 56.5 cm³/mol. The molecule has 0 aliphatic heterocycles. The Kier molecular flexibility index (Phi) is 3.62. The average Bonchev–Trinajstić information content (AvgIpc) is 2.50. The fourth-order valence-corrected chi connectivity index (χ4v) is 1.33. The minimum atomic E-state index is -0.909. The van der Waals surface area contributed by atoms with Crippen molar-refractivity contribution < 1.29 is 9.90 Å². The Hall–Kier alpha value is -1.62. The second kappa shape index (κ2) is 4.75. The molecule has 0 saturated heterocycles. The molecule has 1 rings (SSSR count). The summed E-state index contributed by atoms with van der Waals surface area (Å²) in [5.41, 5.74) is 1.53. The molecule has 2 N–H and O–H groups in total. The molecule has 0 bridgehead atoms. The molecule has 1 aromatic heterocycles. The monoisotopic (exact) mass is 209 g/mol. The Morgan fingerprint density at radius 2 is 2.53 bits per heavy atom. The number of carboxylic acid groups (broad SMARTS) is 1. The van der Waals surface area contributed by atoms with Crippen molar-refractivity contribution in [1.82, 2.24) is 15.1 Å². The fourth-order valence-electron chi connectivity index (χ4n) is 1.33. The number of aromatic nitrogens is 2. The zero-order chi connectivity index (χ0) is 11.4. The van der Waals surface area contributed by atoms with E-state index in [9.17, 15) is 4.79 Å². The molecule has 1 heterocycles. The average molecular weight is 209 g/mol. The van der Waals surface area contributed by atoms with Crippen molar-refractivity contribution >= 4 is 5.97 Å². The quantitative estimate of drug-likeness (QED) is 0.698. The van der Waals surface area contributed by atoms with Gasteiger partial charge in [0.25, 0.3) is 0 Å². The molecule has 5 heteroatoms. The van der Waals surface area contributed by atoms with E-state index in [1.807, 2.05) is 6.92 Å². The number of hydrogen-bond donors (Lipinski definition) is 2. The normalized spacial score (nSPS) is 12.4. The van der Waals surface area contributed by atoms with Gasteiger partial charge in [-0.2, -0.15) is 5.10 Å². The SMILES string of the molecule is C=CCNC(C(=O)O)c1cnn(C)c1C. The van der Waals surface area contributed by atoms with Gasteiger partial charge in [-0.15, -0.1) is 6.58 Å². The van der Waals surface area contributed by atoms with Crippen molar-refractivity contribution in [2.45, 2.75) is 13.0 Å². The Morgan fingerprint density at radius 1 is 1.87 bits per heavy atom. The zero-order valence-electron chi connectivity index (χ0n) is 8.90. The summed E-state index contributed by atoms with van der Waals surface area (Å²) in [5.74, 6) is -0.909. The van der Waals surface area contributed by atoms with E-state index >= 15 is 0 Å². The van der Waals surface area contributed by atoms with Crippen LogP contribution in [-0.4, -0.2) is 27.4 Å². The van der Waals surface area contributed by atoms with Gasteiger partial charge in [0.05, 0.1) is 6.20 Å². The van der Waals surface area contributed by atoms with Crippen LogP contribution in [0.25, 0.3) is 0 Å². The molecule has 0 amide bonds. The van der Waals surface area contributed by atoms with Crippen LogP contribution in [0.15, 0.2) is 18.9 Å². The number of aliphatic carboxylic acids is 1. The predicted octanol–water partition coefficient (Wildman–Crippen LogP) is 0.630. The standard InChI is InChI=1S/C10H15N3O2/c1-4-5-11-9(10(14)15)8-6-12-13(3)7(8)2/h4,6,9,11H,1,5H2,2-3H3,(H,14,15). The number of nitrogens with one attached hydrogen (secondary N) is 1. The fraction of sp³-hybridized carbons (Fsp3) is 0.400. The van der Waals surface area contributed by atoms with E-state index in [-0.39, 0.29) is 0 Å². The maximum Gasteiger partial charge on any atom is 0.325 e. The molecular formula is C10H15N3O2. The molecule has 5 nitrogen and oxygen atoms in total. The third-order valence-corrected chi connectivity index (χ3v) is 2.30. The lowest BCUT2D eigenvalue weighted by molar-refractivity contribution is -0.139. The van der Waals surface area contributed by atoms with Gasteiger partial charge < -0.3 is 5.11 Å². The van der Waals surface area contributed by atoms with Gasteiger partial charge >= 0.3 is 5.97 Å². The van der Waals surface area contributed by atoms with Gasteiger partial charge in [0, 0.05) is 24.8 Å². The summed E-state index contributed by atoms with van der Waals surface area (Å²) in [6.07, 6.45) is 3.20. The summed E-state index contributed by atoms with van der Waals surface area (Å²) in [6.45, 7) is 5.83. The van der Waals surface area contributed by atoms with Crippen LogP contribution in [-0.2, 0) is 11.8 Å². The third kappa shape index (κ3) is 2.44. The Labute approximate surface area is 88.4 Å². The Balaban J connectivity index is 2.93. The van der Waals surface area contributed by atoms with E-state index < -0.39 is 12.0 Å². The maximum atomic E-state index is 11.0. The first kappa shape index (κ1) is 11.5. The highest BCUT2D eigenvalue weighted by molar-refractivity contribution is 5.75. The molecule has 1 aromatic rings. The Bertz CT molecular complexity index is 371. The smallest absolute Gasteiger partial charge is 0.325 e. The van der Waals surface area contributed by atoms with Gasteiger partial charge in [-0.25, -0.2) is 0 Å². The van der Waals surface area contributed by atoms with Crippen LogP contribution in [0.3, 0.4) is 0 Å². The highest BCUT2D eigenvalue weighted by Crippen LogP contribution is 2.16. The molecule has 15 heavy (non-hydrogen) atoms. The summed E-state index contributed by atoms with van der Waals surface area (Å²) >= 11 is 0. The van der Waals surface area contributed by atoms with Gasteiger partial charge in [0.2, 0.25) is 0 Å². The number of carbonyl (C=O) groups is 1. The van der Waals surface area contributed by atoms with E-state index in [1.54, 1.807) is 24.0 Å². The van der Waals surface area contributed by atoms with Crippen molar-refractivity contribution in [2.75, 3.05) is 6.54 Å². The molecule has 0 spiro atoms. The molecule has 0 radical (unpaired) electrons. The maximum absolute atomic E-state index is 11.0. The third-order valence-electron chi connectivity index (χ3n) is 2.30. The van der Waals surface area contributed by atoms with Crippen LogP contribution in [0.5, 0.6) is 0 Å². The zero-order valence-corrected chi connectivity index (χ0v) is 8.90. The van der Waals surface area contributed by atoms with Gasteiger partial charge in [-0.3, -0.25) is 14.8 Å². The van der Waals surface area contributed by atoms with Crippen LogP contribution in [0.1, 0.15) is 17.3 Å². The van der Waals surface area contributed by atoms with Crippen molar-refractivity contribution in [3.63, 3.8) is 0 Å². The summed E-state index contributed by atoms with van der Waals surface area (Å²) in [5, 5.41) is 15.9. The van der Waals surface area contributed by atoms with Gasteiger partial charge in [0.1, 0.15) is 6.04 Å².